The molecule has 2 aromatic heterocycles. The molecule has 0 saturated carbocycles. The molecule has 0 amide bonds. The van der Waals surface area contributed by atoms with Gasteiger partial charge in [0.25, 0.3) is 0 Å². The smallest absolute Gasteiger partial charge is 0.149 e. The first-order valence-corrected chi connectivity index (χ1v) is 6.96. The zero-order valence-corrected chi connectivity index (χ0v) is 12.6. The van der Waals surface area contributed by atoms with E-state index >= 15 is 0 Å². The third kappa shape index (κ3) is 3.12. The van der Waals surface area contributed by atoms with Gasteiger partial charge in [0.15, 0.2) is 0 Å². The Labute approximate surface area is 132 Å². The third-order valence-electron chi connectivity index (χ3n) is 3.32. The van der Waals surface area contributed by atoms with Crippen molar-refractivity contribution in [1.82, 2.24) is 14.8 Å². The first kappa shape index (κ1) is 15.3. The van der Waals surface area contributed by atoms with Gasteiger partial charge in [-0.2, -0.15) is 5.10 Å². The fraction of sp³-hybridized carbons (Fsp3) is 0.176. The highest BCUT2D eigenvalue weighted by Crippen LogP contribution is 2.23. The van der Waals surface area contributed by atoms with Crippen LogP contribution in [-0.4, -0.2) is 19.9 Å². The summed E-state index contributed by atoms with van der Waals surface area (Å²) in [5.41, 5.74) is 0.154. The van der Waals surface area contributed by atoms with Crippen molar-refractivity contribution in [2.75, 3.05) is 0 Å². The molecule has 0 spiro atoms. The maximum absolute atomic E-state index is 14.1. The lowest BCUT2D eigenvalue weighted by atomic mass is 10.0. The molecule has 23 heavy (non-hydrogen) atoms. The van der Waals surface area contributed by atoms with E-state index in [1.165, 1.54) is 42.9 Å². The van der Waals surface area contributed by atoms with E-state index in [9.17, 15) is 13.9 Å². The Hall–Kier alpha value is -2.60. The van der Waals surface area contributed by atoms with Gasteiger partial charge < -0.3 is 5.11 Å². The molecule has 1 aromatic carbocycles. The summed E-state index contributed by atoms with van der Waals surface area (Å²) < 4.78 is 28.8. The van der Waals surface area contributed by atoms with Crippen LogP contribution in [0.4, 0.5) is 8.78 Å². The highest BCUT2D eigenvalue weighted by Gasteiger charge is 2.22. The minimum atomic E-state index is -1.37. The van der Waals surface area contributed by atoms with E-state index in [1.807, 2.05) is 0 Å². The second kappa shape index (κ2) is 5.55. The molecule has 3 rings (SSSR count). The minimum absolute atomic E-state index is 0.0331. The van der Waals surface area contributed by atoms with Gasteiger partial charge >= 0.3 is 0 Å². The molecule has 1 radical (unpaired) electrons. The predicted octanol–water partition coefficient (Wildman–Crippen LogP) is 3.24. The van der Waals surface area contributed by atoms with Gasteiger partial charge in [-0.25, -0.2) is 13.5 Å². The van der Waals surface area contributed by atoms with Crippen LogP contribution in [0.1, 0.15) is 19.5 Å². The summed E-state index contributed by atoms with van der Waals surface area (Å²) in [6.45, 7) is 2.93. The van der Waals surface area contributed by atoms with Crippen molar-refractivity contribution >= 4 is 0 Å². The molecule has 0 aliphatic rings. The molecule has 117 valence electrons. The number of pyridine rings is 1. The molecule has 3 aromatic rings. The topological polar surface area (TPSA) is 50.9 Å². The summed E-state index contributed by atoms with van der Waals surface area (Å²) >= 11 is 0. The fourth-order valence-corrected chi connectivity index (χ4v) is 2.22. The van der Waals surface area contributed by atoms with Gasteiger partial charge in [-0.1, -0.05) is 12.1 Å². The third-order valence-corrected chi connectivity index (χ3v) is 3.32. The summed E-state index contributed by atoms with van der Waals surface area (Å²) in [7, 11) is 0. The predicted molar refractivity (Wildman–Crippen MR) is 80.8 cm³/mol. The van der Waals surface area contributed by atoms with Gasteiger partial charge in [0, 0.05) is 23.9 Å². The van der Waals surface area contributed by atoms with Crippen LogP contribution in [0.3, 0.4) is 0 Å². The zero-order chi connectivity index (χ0) is 16.6. The number of aromatic nitrogens is 3. The van der Waals surface area contributed by atoms with Crippen LogP contribution >= 0.6 is 0 Å². The molecular weight excluding hydrogens is 300 g/mol. The number of aliphatic hydroxyl groups is 1. The van der Waals surface area contributed by atoms with Crippen LogP contribution in [-0.2, 0) is 5.60 Å². The summed E-state index contributed by atoms with van der Waals surface area (Å²) in [5.74, 6) is -1.09. The molecule has 0 saturated heterocycles. The average molecular weight is 314 g/mol. The van der Waals surface area contributed by atoms with E-state index in [1.54, 1.807) is 18.3 Å². The highest BCUT2D eigenvalue weighted by atomic mass is 19.1. The largest absolute Gasteiger partial charge is 0.384 e. The van der Waals surface area contributed by atoms with E-state index in [2.05, 4.69) is 16.1 Å². The van der Waals surface area contributed by atoms with E-state index in [0.29, 0.717) is 16.9 Å². The van der Waals surface area contributed by atoms with Gasteiger partial charge in [-0.15, -0.1) is 0 Å². The maximum atomic E-state index is 14.1. The lowest BCUT2D eigenvalue weighted by Gasteiger charge is -2.17. The minimum Gasteiger partial charge on any atom is -0.384 e. The van der Waals surface area contributed by atoms with Crippen LogP contribution in [0.15, 0.2) is 42.7 Å². The SMILES string of the molecule is CC(C)(O)c1ncc(-n2ccc(-c3cc[c]c(F)c3)n2)cc1F. The van der Waals surface area contributed by atoms with Crippen molar-refractivity contribution in [2.45, 2.75) is 19.4 Å². The van der Waals surface area contributed by atoms with Crippen molar-refractivity contribution < 1.29 is 13.9 Å². The molecule has 0 atom stereocenters. The monoisotopic (exact) mass is 314 g/mol. The first-order chi connectivity index (χ1) is 10.8. The van der Waals surface area contributed by atoms with E-state index in [-0.39, 0.29) is 5.69 Å². The number of hydrogen-bond acceptors (Lipinski definition) is 3. The Kier molecular flexibility index (Phi) is 3.69. The Morgan fingerprint density at radius 3 is 2.65 bits per heavy atom. The fourth-order valence-electron chi connectivity index (χ4n) is 2.22. The average Bonchev–Trinajstić information content (AvgIpc) is 2.95. The maximum Gasteiger partial charge on any atom is 0.149 e. The number of nitrogens with zero attached hydrogens (tertiary/aromatic N) is 3. The molecular formula is C17H14F2N3O. The van der Waals surface area contributed by atoms with E-state index in [0.717, 1.165) is 0 Å². The second-order valence-corrected chi connectivity index (χ2v) is 5.65. The number of rotatable bonds is 3. The van der Waals surface area contributed by atoms with Gasteiger partial charge in [0.2, 0.25) is 0 Å². The molecule has 0 bridgehead atoms. The zero-order valence-electron chi connectivity index (χ0n) is 12.6. The standard InChI is InChI=1S/C17H14F2N3O/c1-17(2,23)16-14(19)9-13(10-20-16)22-7-6-15(21-22)11-4-3-5-12(18)8-11/h3-4,6-10,23H,1-2H3. The molecule has 1 N–H and O–H groups in total. The van der Waals surface area contributed by atoms with Crippen LogP contribution in [0.5, 0.6) is 0 Å². The van der Waals surface area contributed by atoms with E-state index < -0.39 is 17.2 Å². The summed E-state index contributed by atoms with van der Waals surface area (Å²) in [4.78, 5) is 3.97. The highest BCUT2D eigenvalue weighted by molar-refractivity contribution is 5.58. The first-order valence-electron chi connectivity index (χ1n) is 6.96. The van der Waals surface area contributed by atoms with Crippen molar-refractivity contribution in [3.8, 4) is 16.9 Å². The Morgan fingerprint density at radius 1 is 1.22 bits per heavy atom. The Bertz CT molecular complexity index is 853. The lowest BCUT2D eigenvalue weighted by molar-refractivity contribution is 0.0694. The van der Waals surface area contributed by atoms with Gasteiger partial charge in [0.1, 0.15) is 22.9 Å². The van der Waals surface area contributed by atoms with Gasteiger partial charge in [-0.3, -0.25) is 4.98 Å². The van der Waals surface area contributed by atoms with Crippen molar-refractivity contribution in [3.05, 3.63) is 66.1 Å². The van der Waals surface area contributed by atoms with Crippen molar-refractivity contribution in [1.29, 1.82) is 0 Å². The molecule has 0 fully saturated rings. The van der Waals surface area contributed by atoms with Crippen LogP contribution < -0.4 is 0 Å². The lowest BCUT2D eigenvalue weighted by Crippen LogP contribution is -2.20. The molecule has 0 aliphatic heterocycles. The molecule has 0 unspecified atom stereocenters. The summed E-state index contributed by atoms with van der Waals surface area (Å²) in [6, 6.07) is 9.84. The Balaban J connectivity index is 1.96. The van der Waals surface area contributed by atoms with Gasteiger partial charge in [0.05, 0.1) is 17.6 Å². The molecule has 4 nitrogen and oxygen atoms in total. The second-order valence-electron chi connectivity index (χ2n) is 5.65. The Morgan fingerprint density at radius 2 is 2.00 bits per heavy atom. The van der Waals surface area contributed by atoms with E-state index in [4.69, 9.17) is 0 Å². The van der Waals surface area contributed by atoms with Crippen LogP contribution in [0.2, 0.25) is 0 Å². The van der Waals surface area contributed by atoms with Crippen molar-refractivity contribution in [3.63, 3.8) is 0 Å². The normalized spacial score (nSPS) is 11.7. The number of halogens is 2. The molecule has 0 aliphatic carbocycles. The number of hydrogen-bond donors (Lipinski definition) is 1. The van der Waals surface area contributed by atoms with Crippen molar-refractivity contribution in [2.24, 2.45) is 0 Å². The number of benzene rings is 1. The summed E-state index contributed by atoms with van der Waals surface area (Å²) in [6.07, 6.45) is 3.05. The molecule has 2 heterocycles. The van der Waals surface area contributed by atoms with Gasteiger partial charge in [-0.05, 0) is 26.0 Å². The van der Waals surface area contributed by atoms with Crippen LogP contribution in [0, 0.1) is 17.7 Å². The molecule has 6 heteroatoms. The van der Waals surface area contributed by atoms with Crippen LogP contribution in [0.25, 0.3) is 16.9 Å². The quantitative estimate of drug-likeness (QED) is 0.807. The summed E-state index contributed by atoms with van der Waals surface area (Å²) in [5, 5.41) is 14.1.